The molecular formula is C12H15N3O2S2. The zero-order valence-corrected chi connectivity index (χ0v) is 12.1. The fourth-order valence-corrected chi connectivity index (χ4v) is 4.09. The van der Waals surface area contributed by atoms with Gasteiger partial charge in [0, 0.05) is 30.4 Å². The van der Waals surface area contributed by atoms with Crippen molar-refractivity contribution in [2.75, 3.05) is 7.05 Å². The van der Waals surface area contributed by atoms with Gasteiger partial charge < -0.3 is 5.32 Å². The van der Waals surface area contributed by atoms with Crippen molar-refractivity contribution in [2.24, 2.45) is 0 Å². The van der Waals surface area contributed by atoms with Crippen molar-refractivity contribution in [1.82, 2.24) is 15.0 Å². The van der Waals surface area contributed by atoms with E-state index in [-0.39, 0.29) is 6.54 Å². The molecule has 0 radical (unpaired) electrons. The van der Waals surface area contributed by atoms with Gasteiger partial charge in [-0.3, -0.25) is 4.98 Å². The topological polar surface area (TPSA) is 71.1 Å². The Morgan fingerprint density at radius 2 is 2.16 bits per heavy atom. The van der Waals surface area contributed by atoms with Gasteiger partial charge in [-0.15, -0.1) is 11.3 Å². The summed E-state index contributed by atoms with van der Waals surface area (Å²) in [6, 6.07) is 5.24. The Bertz CT molecular complexity index is 623. The number of hydrogen-bond acceptors (Lipinski definition) is 5. The molecule has 0 aromatic carbocycles. The van der Waals surface area contributed by atoms with Crippen molar-refractivity contribution >= 4 is 21.4 Å². The Labute approximate surface area is 116 Å². The summed E-state index contributed by atoms with van der Waals surface area (Å²) in [6.07, 6.45) is 3.30. The summed E-state index contributed by atoms with van der Waals surface area (Å²) in [7, 11) is -1.68. The highest BCUT2D eigenvalue weighted by Crippen LogP contribution is 2.21. The molecule has 2 heterocycles. The maximum absolute atomic E-state index is 12.2. The lowest BCUT2D eigenvalue weighted by atomic mass is 10.3. The Balaban J connectivity index is 2.12. The monoisotopic (exact) mass is 297 g/mol. The van der Waals surface area contributed by atoms with Crippen molar-refractivity contribution in [2.45, 2.75) is 18.0 Å². The first-order chi connectivity index (χ1) is 9.13. The van der Waals surface area contributed by atoms with Gasteiger partial charge in [0.2, 0.25) is 10.0 Å². The summed E-state index contributed by atoms with van der Waals surface area (Å²) in [4.78, 5) is 5.10. The third-order valence-electron chi connectivity index (χ3n) is 2.52. The molecule has 2 aromatic heterocycles. The van der Waals surface area contributed by atoms with Gasteiger partial charge in [0.1, 0.15) is 0 Å². The quantitative estimate of drug-likeness (QED) is 0.844. The van der Waals surface area contributed by atoms with E-state index in [1.54, 1.807) is 37.0 Å². The van der Waals surface area contributed by atoms with E-state index >= 15 is 0 Å². The minimum Gasteiger partial charge on any atom is -0.315 e. The van der Waals surface area contributed by atoms with Gasteiger partial charge in [-0.25, -0.2) is 13.1 Å². The van der Waals surface area contributed by atoms with Crippen LogP contribution < -0.4 is 10.0 Å². The van der Waals surface area contributed by atoms with Crippen molar-refractivity contribution in [3.8, 4) is 0 Å². The summed E-state index contributed by atoms with van der Waals surface area (Å²) >= 11 is 1.43. The molecule has 0 spiro atoms. The average Bonchev–Trinajstić information content (AvgIpc) is 2.87. The van der Waals surface area contributed by atoms with Crippen LogP contribution in [0.4, 0.5) is 0 Å². The highest BCUT2D eigenvalue weighted by atomic mass is 32.2. The molecule has 19 heavy (non-hydrogen) atoms. The number of pyridine rings is 1. The van der Waals surface area contributed by atoms with E-state index in [9.17, 15) is 8.42 Å². The molecule has 0 saturated carbocycles. The van der Waals surface area contributed by atoms with Gasteiger partial charge in [-0.05, 0) is 30.1 Å². The second kappa shape index (κ2) is 6.25. The molecular weight excluding hydrogens is 282 g/mol. The smallest absolute Gasteiger partial charge is 0.242 e. The minimum atomic E-state index is -3.48. The van der Waals surface area contributed by atoms with Crippen LogP contribution in [0.25, 0.3) is 0 Å². The van der Waals surface area contributed by atoms with Crippen LogP contribution >= 0.6 is 11.3 Å². The summed E-state index contributed by atoms with van der Waals surface area (Å²) < 4.78 is 27.0. The van der Waals surface area contributed by atoms with Crippen LogP contribution in [0, 0.1) is 0 Å². The van der Waals surface area contributed by atoms with Crippen LogP contribution in [0.1, 0.15) is 10.4 Å². The number of nitrogens with zero attached hydrogens (tertiary/aromatic N) is 1. The van der Waals surface area contributed by atoms with Crippen molar-refractivity contribution in [3.05, 3.63) is 46.4 Å². The van der Waals surface area contributed by atoms with Crippen molar-refractivity contribution in [1.29, 1.82) is 0 Å². The van der Waals surface area contributed by atoms with E-state index in [1.807, 2.05) is 6.07 Å². The molecule has 0 bridgehead atoms. The first-order valence-electron chi connectivity index (χ1n) is 5.73. The van der Waals surface area contributed by atoms with E-state index in [1.165, 1.54) is 11.3 Å². The third kappa shape index (κ3) is 3.60. The predicted octanol–water partition coefficient (Wildman–Crippen LogP) is 1.34. The van der Waals surface area contributed by atoms with Crippen LogP contribution in [-0.2, 0) is 23.1 Å². The number of rotatable bonds is 6. The zero-order chi connectivity index (χ0) is 13.7. The molecule has 0 amide bonds. The Kier molecular flexibility index (Phi) is 4.65. The van der Waals surface area contributed by atoms with E-state index in [0.29, 0.717) is 11.4 Å². The van der Waals surface area contributed by atoms with E-state index < -0.39 is 10.0 Å². The molecule has 0 atom stereocenters. The largest absolute Gasteiger partial charge is 0.315 e. The maximum Gasteiger partial charge on any atom is 0.242 e. The van der Waals surface area contributed by atoms with Crippen molar-refractivity contribution < 1.29 is 8.42 Å². The SMILES string of the molecule is CNCc1sccc1S(=O)(=O)NCc1cccnc1. The fraction of sp³-hybridized carbons (Fsp3) is 0.250. The lowest BCUT2D eigenvalue weighted by Crippen LogP contribution is -2.24. The molecule has 0 unspecified atom stereocenters. The van der Waals surface area contributed by atoms with Crippen molar-refractivity contribution in [3.63, 3.8) is 0 Å². The summed E-state index contributed by atoms with van der Waals surface area (Å²) in [5.41, 5.74) is 0.830. The zero-order valence-electron chi connectivity index (χ0n) is 10.5. The van der Waals surface area contributed by atoms with E-state index in [2.05, 4.69) is 15.0 Å². The molecule has 2 aromatic rings. The Morgan fingerprint density at radius 3 is 2.84 bits per heavy atom. The molecule has 0 saturated heterocycles. The van der Waals surface area contributed by atoms with Crippen LogP contribution in [-0.4, -0.2) is 20.4 Å². The second-order valence-electron chi connectivity index (χ2n) is 3.92. The molecule has 0 fully saturated rings. The molecule has 2 rings (SSSR count). The van der Waals surface area contributed by atoms with Crippen LogP contribution in [0.2, 0.25) is 0 Å². The van der Waals surface area contributed by atoms with Crippen LogP contribution in [0.5, 0.6) is 0 Å². The molecule has 5 nitrogen and oxygen atoms in total. The first kappa shape index (κ1) is 14.1. The lowest BCUT2D eigenvalue weighted by molar-refractivity contribution is 0.580. The Hall–Kier alpha value is -1.28. The third-order valence-corrected chi connectivity index (χ3v) is 5.06. The normalized spacial score (nSPS) is 11.6. The van der Waals surface area contributed by atoms with Gasteiger partial charge in [-0.1, -0.05) is 6.07 Å². The number of sulfonamides is 1. The molecule has 102 valence electrons. The summed E-state index contributed by atoms with van der Waals surface area (Å²) in [5.74, 6) is 0. The summed E-state index contributed by atoms with van der Waals surface area (Å²) in [5, 5.41) is 4.75. The first-order valence-corrected chi connectivity index (χ1v) is 8.09. The number of aromatic nitrogens is 1. The van der Waals surface area contributed by atoms with E-state index in [0.717, 1.165) is 10.4 Å². The van der Waals surface area contributed by atoms with Crippen LogP contribution in [0.15, 0.2) is 40.9 Å². The molecule has 0 aliphatic heterocycles. The average molecular weight is 297 g/mol. The minimum absolute atomic E-state index is 0.241. The number of nitrogens with one attached hydrogen (secondary N) is 2. The standard InChI is InChI=1S/C12H15N3O2S2/c1-13-9-11-12(4-6-18-11)19(16,17)15-8-10-3-2-5-14-7-10/h2-7,13,15H,8-9H2,1H3. The molecule has 0 aliphatic rings. The molecule has 2 N–H and O–H groups in total. The molecule has 0 aliphatic carbocycles. The van der Waals surface area contributed by atoms with Gasteiger partial charge in [0.05, 0.1) is 4.90 Å². The van der Waals surface area contributed by atoms with Crippen LogP contribution in [0.3, 0.4) is 0 Å². The lowest BCUT2D eigenvalue weighted by Gasteiger charge is -2.07. The highest BCUT2D eigenvalue weighted by Gasteiger charge is 2.18. The number of hydrogen-bond donors (Lipinski definition) is 2. The van der Waals surface area contributed by atoms with Gasteiger partial charge in [0.15, 0.2) is 0 Å². The Morgan fingerprint density at radius 1 is 1.32 bits per heavy atom. The second-order valence-corrected chi connectivity index (χ2v) is 6.66. The van der Waals surface area contributed by atoms with Gasteiger partial charge >= 0.3 is 0 Å². The summed E-state index contributed by atoms with van der Waals surface area (Å²) in [6.45, 7) is 0.784. The van der Waals surface area contributed by atoms with Gasteiger partial charge in [0.25, 0.3) is 0 Å². The predicted molar refractivity (Wildman–Crippen MR) is 75.3 cm³/mol. The van der Waals surface area contributed by atoms with E-state index in [4.69, 9.17) is 0 Å². The fourth-order valence-electron chi connectivity index (χ4n) is 1.62. The highest BCUT2D eigenvalue weighted by molar-refractivity contribution is 7.89. The number of thiophene rings is 1. The molecule has 7 heteroatoms. The maximum atomic E-state index is 12.2. The van der Waals surface area contributed by atoms with Gasteiger partial charge in [-0.2, -0.15) is 0 Å².